The Morgan fingerprint density at radius 1 is 1.04 bits per heavy atom. The predicted octanol–water partition coefficient (Wildman–Crippen LogP) is 5.78. The molecule has 1 aromatic rings. The van der Waals surface area contributed by atoms with Gasteiger partial charge in [-0.15, -0.1) is 0 Å². The molecule has 1 aromatic carbocycles. The molecule has 0 radical (unpaired) electrons. The molecule has 4 heteroatoms. The van der Waals surface area contributed by atoms with Crippen molar-refractivity contribution in [2.45, 2.75) is 90.9 Å². The molecule has 0 heterocycles. The maximum Gasteiger partial charge on any atom is 0.228 e. The molecule has 1 saturated carbocycles. The summed E-state index contributed by atoms with van der Waals surface area (Å²) in [4.78, 5) is 10.6. The Kier molecular flexibility index (Phi) is 9.44. The zero-order valence-electron chi connectivity index (χ0n) is 17.0. The number of nitrogens with one attached hydrogen (secondary N) is 1. The van der Waals surface area contributed by atoms with E-state index >= 15 is 0 Å². The summed E-state index contributed by atoms with van der Waals surface area (Å²) in [7, 11) is 0. The van der Waals surface area contributed by atoms with E-state index in [1.807, 2.05) is 19.1 Å². The van der Waals surface area contributed by atoms with Gasteiger partial charge in [0.15, 0.2) is 0 Å². The molecule has 1 aliphatic carbocycles. The summed E-state index contributed by atoms with van der Waals surface area (Å²) >= 11 is 0. The molecule has 1 aliphatic rings. The van der Waals surface area contributed by atoms with Crippen molar-refractivity contribution in [2.24, 2.45) is 5.92 Å². The van der Waals surface area contributed by atoms with Gasteiger partial charge in [0.2, 0.25) is 6.29 Å². The van der Waals surface area contributed by atoms with Gasteiger partial charge in [0, 0.05) is 13.0 Å². The van der Waals surface area contributed by atoms with E-state index in [-0.39, 0.29) is 0 Å². The summed E-state index contributed by atoms with van der Waals surface area (Å²) in [6.45, 7) is 9.08. The van der Waals surface area contributed by atoms with Crippen LogP contribution in [0.5, 0.6) is 5.75 Å². The minimum Gasteiger partial charge on any atom is -0.462 e. The molecule has 4 nitrogen and oxygen atoms in total. The Balaban J connectivity index is 1.70. The normalized spacial score (nSPS) is 18.0. The van der Waals surface area contributed by atoms with Crippen LogP contribution in [0.2, 0.25) is 0 Å². The van der Waals surface area contributed by atoms with Gasteiger partial charge in [0.05, 0.1) is 0 Å². The van der Waals surface area contributed by atoms with E-state index in [1.165, 1.54) is 50.5 Å². The van der Waals surface area contributed by atoms with E-state index in [9.17, 15) is 0 Å². The van der Waals surface area contributed by atoms with Crippen LogP contribution < -0.4 is 10.1 Å². The van der Waals surface area contributed by atoms with Crippen LogP contribution in [0.25, 0.3) is 0 Å². The van der Waals surface area contributed by atoms with Crippen molar-refractivity contribution in [3.63, 3.8) is 0 Å². The lowest BCUT2D eigenvalue weighted by Gasteiger charge is -2.23. The van der Waals surface area contributed by atoms with Gasteiger partial charge < -0.3 is 4.74 Å². The predicted molar refractivity (Wildman–Crippen MR) is 106 cm³/mol. The summed E-state index contributed by atoms with van der Waals surface area (Å²) in [5.74, 6) is 2.06. The molecule has 0 spiro atoms. The lowest BCUT2D eigenvalue weighted by Crippen LogP contribution is -2.33. The molecule has 148 valence electrons. The quantitative estimate of drug-likeness (QED) is 0.234. The largest absolute Gasteiger partial charge is 0.462 e. The molecule has 26 heavy (non-hydrogen) atoms. The van der Waals surface area contributed by atoms with E-state index in [2.05, 4.69) is 38.2 Å². The zero-order valence-corrected chi connectivity index (χ0v) is 17.0. The average molecular weight is 364 g/mol. The first-order valence-corrected chi connectivity index (χ1v) is 10.4. The molecule has 0 aromatic heterocycles. The standard InChI is InChI=1S/C22H37NO3/c1-5-9-22(17(2)3)19-12-14-21(15-13-19)25-18(4)26-24-16-23-20-10-7-6-8-11-20/h12-15,17-18,20,22-23H,5-11,16H2,1-4H3. The number of ether oxygens (including phenoxy) is 1. The fourth-order valence-corrected chi connectivity index (χ4v) is 3.79. The van der Waals surface area contributed by atoms with Crippen molar-refractivity contribution in [3.05, 3.63) is 29.8 Å². The van der Waals surface area contributed by atoms with E-state index in [1.54, 1.807) is 0 Å². The summed E-state index contributed by atoms with van der Waals surface area (Å²) in [5, 5.41) is 3.38. The number of benzene rings is 1. The Hall–Kier alpha value is -1.10. The fourth-order valence-electron chi connectivity index (χ4n) is 3.79. The van der Waals surface area contributed by atoms with Crippen molar-refractivity contribution in [2.75, 3.05) is 6.73 Å². The highest BCUT2D eigenvalue weighted by atomic mass is 17.2. The summed E-state index contributed by atoms with van der Waals surface area (Å²) in [6, 6.07) is 8.97. The summed E-state index contributed by atoms with van der Waals surface area (Å²) in [6.07, 6.45) is 8.43. The molecule has 0 bridgehead atoms. The van der Waals surface area contributed by atoms with Gasteiger partial charge in [-0.05, 0) is 48.8 Å². The molecular weight excluding hydrogens is 326 g/mol. The Morgan fingerprint density at radius 3 is 2.35 bits per heavy atom. The van der Waals surface area contributed by atoms with Crippen LogP contribution in [-0.2, 0) is 9.78 Å². The second-order valence-electron chi connectivity index (χ2n) is 7.79. The van der Waals surface area contributed by atoms with Crippen molar-refractivity contribution < 1.29 is 14.5 Å². The molecule has 1 N–H and O–H groups in total. The molecular formula is C22H37NO3. The first kappa shape index (κ1) is 21.2. The lowest BCUT2D eigenvalue weighted by molar-refractivity contribution is -0.361. The van der Waals surface area contributed by atoms with Gasteiger partial charge in [-0.25, -0.2) is 4.89 Å². The van der Waals surface area contributed by atoms with E-state index in [0.29, 0.717) is 24.6 Å². The first-order valence-electron chi connectivity index (χ1n) is 10.4. The minimum absolute atomic E-state index is 0.407. The molecule has 0 amide bonds. The van der Waals surface area contributed by atoms with E-state index in [0.717, 1.165) is 5.75 Å². The third kappa shape index (κ3) is 7.26. The third-order valence-corrected chi connectivity index (χ3v) is 5.25. The van der Waals surface area contributed by atoms with Gasteiger partial charge >= 0.3 is 0 Å². The van der Waals surface area contributed by atoms with Crippen LogP contribution in [0.1, 0.15) is 84.1 Å². The van der Waals surface area contributed by atoms with Crippen molar-refractivity contribution in [1.29, 1.82) is 0 Å². The molecule has 2 unspecified atom stereocenters. The van der Waals surface area contributed by atoms with Gasteiger partial charge in [-0.2, -0.15) is 4.89 Å². The monoisotopic (exact) mass is 363 g/mol. The molecule has 0 saturated heterocycles. The molecule has 2 atom stereocenters. The highest BCUT2D eigenvalue weighted by molar-refractivity contribution is 5.29. The first-order chi connectivity index (χ1) is 12.6. The van der Waals surface area contributed by atoms with E-state index in [4.69, 9.17) is 14.5 Å². The summed E-state index contributed by atoms with van der Waals surface area (Å²) in [5.41, 5.74) is 1.38. The maximum atomic E-state index is 5.79. The molecule has 0 aliphatic heterocycles. The fraction of sp³-hybridized carbons (Fsp3) is 0.727. The topological polar surface area (TPSA) is 39.7 Å². The van der Waals surface area contributed by atoms with Crippen LogP contribution in [0.4, 0.5) is 0 Å². The second kappa shape index (κ2) is 11.6. The maximum absolute atomic E-state index is 5.79. The SMILES string of the molecule is CCCC(c1ccc(OC(C)OOCNC2CCCCC2)cc1)C(C)C. The molecule has 2 rings (SSSR count). The van der Waals surface area contributed by atoms with E-state index < -0.39 is 6.29 Å². The van der Waals surface area contributed by atoms with Crippen LogP contribution >= 0.6 is 0 Å². The zero-order chi connectivity index (χ0) is 18.8. The third-order valence-electron chi connectivity index (χ3n) is 5.25. The van der Waals surface area contributed by atoms with Crippen molar-refractivity contribution in [3.8, 4) is 5.75 Å². The van der Waals surface area contributed by atoms with Gasteiger partial charge in [0.25, 0.3) is 0 Å². The number of hydrogen-bond donors (Lipinski definition) is 1. The van der Waals surface area contributed by atoms with Crippen molar-refractivity contribution >= 4 is 0 Å². The van der Waals surface area contributed by atoms with Gasteiger partial charge in [-0.3, -0.25) is 5.32 Å². The Labute approximate surface area is 159 Å². The highest BCUT2D eigenvalue weighted by Gasteiger charge is 2.15. The Morgan fingerprint density at radius 2 is 1.73 bits per heavy atom. The van der Waals surface area contributed by atoms with Crippen LogP contribution in [0.15, 0.2) is 24.3 Å². The van der Waals surface area contributed by atoms with Gasteiger partial charge in [0.1, 0.15) is 12.5 Å². The van der Waals surface area contributed by atoms with Crippen LogP contribution in [-0.4, -0.2) is 19.1 Å². The van der Waals surface area contributed by atoms with Gasteiger partial charge in [-0.1, -0.05) is 58.6 Å². The second-order valence-corrected chi connectivity index (χ2v) is 7.79. The lowest BCUT2D eigenvalue weighted by atomic mass is 9.85. The van der Waals surface area contributed by atoms with Crippen molar-refractivity contribution in [1.82, 2.24) is 5.32 Å². The number of hydrogen-bond acceptors (Lipinski definition) is 4. The summed E-state index contributed by atoms with van der Waals surface area (Å²) < 4.78 is 5.79. The Bertz CT molecular complexity index is 483. The average Bonchev–Trinajstić information content (AvgIpc) is 2.65. The number of rotatable bonds is 11. The van der Waals surface area contributed by atoms with Crippen LogP contribution in [0, 0.1) is 5.92 Å². The minimum atomic E-state index is -0.439. The smallest absolute Gasteiger partial charge is 0.228 e. The highest BCUT2D eigenvalue weighted by Crippen LogP contribution is 2.30. The van der Waals surface area contributed by atoms with Crippen LogP contribution in [0.3, 0.4) is 0 Å². The molecule has 1 fully saturated rings.